The maximum absolute atomic E-state index is 15.4. The van der Waals surface area contributed by atoms with Crippen molar-refractivity contribution >= 4 is 63.8 Å². The molecule has 0 bridgehead atoms. The number of ether oxygens (including phenoxy) is 2. The number of hydrogen-bond acceptors (Lipinski definition) is 9. The normalized spacial score (nSPS) is 21.6. The zero-order valence-electron chi connectivity index (χ0n) is 40.4. The molecule has 2 heterocycles. The van der Waals surface area contributed by atoms with Crippen LogP contribution in [0.3, 0.4) is 0 Å². The van der Waals surface area contributed by atoms with Gasteiger partial charge in [-0.2, -0.15) is 0 Å². The van der Waals surface area contributed by atoms with E-state index in [0.29, 0.717) is 23.6 Å². The van der Waals surface area contributed by atoms with Crippen LogP contribution in [0.1, 0.15) is 114 Å². The molecule has 1 fully saturated rings. The molecule has 0 saturated carbocycles. The fourth-order valence-corrected chi connectivity index (χ4v) is 13.0. The molecule has 0 aliphatic carbocycles. The number of amides is 1. The molecule has 4 atom stereocenters. The highest BCUT2D eigenvalue weighted by Crippen LogP contribution is 2.54. The van der Waals surface area contributed by atoms with Crippen LogP contribution in [-0.4, -0.2) is 69.6 Å². The molecule has 14 heteroatoms. The predicted molar refractivity (Wildman–Crippen MR) is 260 cm³/mol. The van der Waals surface area contributed by atoms with Crippen LogP contribution < -0.4 is 14.7 Å². The second kappa shape index (κ2) is 17.9. The minimum absolute atomic E-state index is 0.0189. The standard InChI is InChI=1S/C46H78N2O7S2Si3/c1-31(40-32(2)36(53-46(12,13)54-40)27-28-52-59(16,17)44(6,7)8)25-26-37(57(50,51)33-23-21-20-22-24-33)39-41(55-60(18,19)45(9,10)11)34(48-58(14,15)43(3,4)5)29-35-42(39)56-30-38(49)47-35/h20-25,29,32,36-37,40,48H,26-28,30H2,1-19H3,(H,47,49)/b31-25-/t32-,36-,37?,40-/m0/s1. The summed E-state index contributed by atoms with van der Waals surface area (Å²) in [6, 6.07) is 10.7. The van der Waals surface area contributed by atoms with Crippen molar-refractivity contribution in [2.75, 3.05) is 22.7 Å². The van der Waals surface area contributed by atoms with E-state index in [1.807, 2.05) is 32.9 Å². The molecular formula is C46H78N2O7S2Si3. The Morgan fingerprint density at radius 3 is 2.08 bits per heavy atom. The SMILES string of the molecule is C/C(=C/CC(c1c(O[Si](C)(C)C(C)(C)C)c(N[Si](C)(C)C(C)(C)C)cc2c1SCC(=O)N2)S(=O)(=O)c1ccccc1)[C@@H]1OC(C)(C)O[C@@H](CCO[Si](C)(C)C(C)(C)C)[C@@H]1C. The Morgan fingerprint density at radius 1 is 0.950 bits per heavy atom. The third-order valence-corrected chi connectivity index (χ3v) is 30.6. The van der Waals surface area contributed by atoms with E-state index in [1.54, 1.807) is 24.3 Å². The van der Waals surface area contributed by atoms with Gasteiger partial charge in [0.05, 0.1) is 39.5 Å². The van der Waals surface area contributed by atoms with Gasteiger partial charge in [-0.15, -0.1) is 11.8 Å². The number of nitrogens with one attached hydrogen (secondary N) is 2. The van der Waals surface area contributed by atoms with Crippen molar-refractivity contribution in [2.24, 2.45) is 5.92 Å². The topological polar surface area (TPSA) is 112 Å². The number of rotatable bonds is 14. The summed E-state index contributed by atoms with van der Waals surface area (Å²) in [4.78, 5) is 18.0. The number of carbonyl (C=O) groups excluding carboxylic acids is 1. The van der Waals surface area contributed by atoms with Gasteiger partial charge in [0.2, 0.25) is 5.91 Å². The zero-order chi connectivity index (χ0) is 45.7. The van der Waals surface area contributed by atoms with Crippen molar-refractivity contribution in [3.63, 3.8) is 0 Å². The largest absolute Gasteiger partial charge is 0.542 e. The first kappa shape index (κ1) is 50.7. The van der Waals surface area contributed by atoms with E-state index in [9.17, 15) is 4.79 Å². The molecule has 2 aromatic rings. The first-order chi connectivity index (χ1) is 27.1. The summed E-state index contributed by atoms with van der Waals surface area (Å²) in [7, 11) is -10.9. The monoisotopic (exact) mass is 918 g/mol. The summed E-state index contributed by atoms with van der Waals surface area (Å²) in [5, 5.41) is 1.93. The molecule has 60 heavy (non-hydrogen) atoms. The van der Waals surface area contributed by atoms with Crippen LogP contribution in [0.15, 0.2) is 57.8 Å². The number of sulfone groups is 1. The van der Waals surface area contributed by atoms with Crippen molar-refractivity contribution in [3.05, 3.63) is 53.6 Å². The highest BCUT2D eigenvalue weighted by molar-refractivity contribution is 8.00. The molecule has 1 unspecified atom stereocenters. The van der Waals surface area contributed by atoms with E-state index in [0.717, 1.165) is 22.6 Å². The van der Waals surface area contributed by atoms with Crippen LogP contribution in [0.25, 0.3) is 0 Å². The van der Waals surface area contributed by atoms with Gasteiger partial charge >= 0.3 is 0 Å². The lowest BCUT2D eigenvalue weighted by atomic mass is 9.88. The summed E-state index contributed by atoms with van der Waals surface area (Å²) in [6.45, 7) is 42.3. The summed E-state index contributed by atoms with van der Waals surface area (Å²) < 4.78 is 58.0. The lowest BCUT2D eigenvalue weighted by Crippen LogP contribution is -2.51. The second-order valence-corrected chi connectivity index (χ2v) is 39.8. The number of fused-ring (bicyclic) bond motifs is 1. The molecule has 338 valence electrons. The van der Waals surface area contributed by atoms with Crippen molar-refractivity contribution in [1.82, 2.24) is 0 Å². The van der Waals surface area contributed by atoms with Crippen LogP contribution in [0, 0.1) is 5.92 Å². The molecular weight excluding hydrogens is 841 g/mol. The molecule has 1 amide bonds. The fourth-order valence-electron chi connectivity index (χ4n) is 6.84. The Balaban J connectivity index is 1.95. The van der Waals surface area contributed by atoms with Crippen molar-refractivity contribution < 1.29 is 31.5 Å². The van der Waals surface area contributed by atoms with Gasteiger partial charge in [0.25, 0.3) is 8.32 Å². The first-order valence-corrected chi connectivity index (χ1v) is 33.0. The molecule has 1 saturated heterocycles. The maximum atomic E-state index is 15.4. The van der Waals surface area contributed by atoms with Gasteiger partial charge in [-0.25, -0.2) is 8.42 Å². The highest BCUT2D eigenvalue weighted by atomic mass is 32.2. The molecule has 2 aromatic carbocycles. The lowest BCUT2D eigenvalue weighted by Gasteiger charge is -2.46. The molecule has 2 aliphatic rings. The summed E-state index contributed by atoms with van der Waals surface area (Å²) in [6.07, 6.45) is 2.51. The first-order valence-electron chi connectivity index (χ1n) is 21.7. The number of carbonyl (C=O) groups is 1. The Hall–Kier alpha value is -1.92. The quantitative estimate of drug-likeness (QED) is 0.141. The van der Waals surface area contributed by atoms with Crippen LogP contribution in [-0.2, 0) is 28.5 Å². The smallest absolute Gasteiger partial charge is 0.250 e. The van der Waals surface area contributed by atoms with Gasteiger partial charge < -0.3 is 28.6 Å². The zero-order valence-corrected chi connectivity index (χ0v) is 45.0. The maximum Gasteiger partial charge on any atom is 0.250 e. The Bertz CT molecular complexity index is 2000. The van der Waals surface area contributed by atoms with Crippen LogP contribution in [0.4, 0.5) is 11.4 Å². The van der Waals surface area contributed by atoms with Gasteiger partial charge in [-0.05, 0) is 98.7 Å². The van der Waals surface area contributed by atoms with Crippen LogP contribution >= 0.6 is 11.8 Å². The molecule has 9 nitrogen and oxygen atoms in total. The minimum Gasteiger partial charge on any atom is -0.542 e. The van der Waals surface area contributed by atoms with Gasteiger partial charge in [0.15, 0.2) is 32.2 Å². The van der Waals surface area contributed by atoms with E-state index in [2.05, 4.69) is 125 Å². The highest BCUT2D eigenvalue weighted by Gasteiger charge is 2.46. The third-order valence-electron chi connectivity index (χ3n) is 13.8. The Kier molecular flexibility index (Phi) is 15.2. The van der Waals surface area contributed by atoms with E-state index < -0.39 is 45.7 Å². The van der Waals surface area contributed by atoms with E-state index in [1.165, 1.54) is 11.8 Å². The number of allylic oxidation sites excluding steroid dienone is 1. The predicted octanol–water partition coefficient (Wildman–Crippen LogP) is 13.0. The fraction of sp³-hybridized carbons (Fsp3) is 0.674. The Morgan fingerprint density at radius 2 is 1.53 bits per heavy atom. The second-order valence-electron chi connectivity index (χ2n) is 22.1. The molecule has 2 aliphatic heterocycles. The molecule has 0 aromatic heterocycles. The number of benzene rings is 2. The molecule has 2 N–H and O–H groups in total. The van der Waals surface area contributed by atoms with Crippen LogP contribution in [0.2, 0.25) is 54.4 Å². The number of hydrogen-bond donors (Lipinski definition) is 2. The van der Waals surface area contributed by atoms with Crippen molar-refractivity contribution in [2.45, 2.75) is 190 Å². The van der Waals surface area contributed by atoms with Gasteiger partial charge in [-0.3, -0.25) is 4.79 Å². The third kappa shape index (κ3) is 11.4. The summed E-state index contributed by atoms with van der Waals surface area (Å²) in [5.41, 5.74) is 2.87. The van der Waals surface area contributed by atoms with Gasteiger partial charge in [-0.1, -0.05) is 107 Å². The minimum atomic E-state index is -4.05. The lowest BCUT2D eigenvalue weighted by molar-refractivity contribution is -0.312. The average molecular weight is 920 g/mol. The number of thioether (sulfide) groups is 1. The molecule has 4 rings (SSSR count). The average Bonchev–Trinajstić information content (AvgIpc) is 3.09. The molecule has 0 spiro atoms. The van der Waals surface area contributed by atoms with Crippen molar-refractivity contribution in [3.8, 4) is 5.75 Å². The van der Waals surface area contributed by atoms with Crippen LogP contribution in [0.5, 0.6) is 5.75 Å². The molecule has 0 radical (unpaired) electrons. The van der Waals surface area contributed by atoms with E-state index >= 15 is 8.42 Å². The summed E-state index contributed by atoms with van der Waals surface area (Å²) in [5.74, 6) is -0.251. The van der Waals surface area contributed by atoms with Crippen molar-refractivity contribution in [1.29, 1.82) is 0 Å². The van der Waals surface area contributed by atoms with Gasteiger partial charge in [0, 0.05) is 23.0 Å². The Labute approximate surface area is 371 Å². The van der Waals surface area contributed by atoms with E-state index in [-0.39, 0.29) is 56.2 Å². The van der Waals surface area contributed by atoms with Gasteiger partial charge in [0.1, 0.15) is 5.75 Å². The summed E-state index contributed by atoms with van der Waals surface area (Å²) >= 11 is 1.39. The number of anilines is 2. The van der Waals surface area contributed by atoms with E-state index in [4.69, 9.17) is 18.3 Å².